The molecule has 0 radical (unpaired) electrons. The van der Waals surface area contributed by atoms with E-state index in [0.29, 0.717) is 12.5 Å². The summed E-state index contributed by atoms with van der Waals surface area (Å²) in [4.78, 5) is 10.3. The fourth-order valence-electron chi connectivity index (χ4n) is 0.707. The van der Waals surface area contributed by atoms with Crippen LogP contribution in [0.3, 0.4) is 0 Å². The molecule has 0 spiro atoms. The van der Waals surface area contributed by atoms with Crippen molar-refractivity contribution in [3.8, 4) is 0 Å². The van der Waals surface area contributed by atoms with Crippen LogP contribution in [0.5, 0.6) is 0 Å². The Morgan fingerprint density at radius 1 is 1.50 bits per heavy atom. The number of carbonyl (C=O) groups excluding carboxylic acids is 1. The quantitative estimate of drug-likeness (QED) is 0.368. The summed E-state index contributed by atoms with van der Waals surface area (Å²) in [6.07, 6.45) is 2.12. The molecule has 3 nitrogen and oxygen atoms in total. The van der Waals surface area contributed by atoms with Gasteiger partial charge in [-0.15, -0.1) is 0 Å². The second-order valence-corrected chi connectivity index (χ2v) is 2.88. The van der Waals surface area contributed by atoms with Crippen LogP contribution in [0.25, 0.3) is 0 Å². The second kappa shape index (κ2) is 9.96. The lowest BCUT2D eigenvalue weighted by molar-refractivity contribution is -0.141. The van der Waals surface area contributed by atoms with Gasteiger partial charge in [-0.3, -0.25) is 4.79 Å². The van der Waals surface area contributed by atoms with E-state index in [1.54, 1.807) is 0 Å². The van der Waals surface area contributed by atoms with Crippen LogP contribution in [-0.2, 0) is 9.53 Å². The molecule has 70 valence electrons. The van der Waals surface area contributed by atoms with E-state index in [0.717, 1.165) is 12.8 Å². The van der Waals surface area contributed by atoms with E-state index >= 15 is 0 Å². The molecule has 12 heavy (non-hydrogen) atoms. The van der Waals surface area contributed by atoms with Crippen molar-refractivity contribution in [1.82, 2.24) is 0 Å². The number of carbonyl (C=O) groups is 1. The fraction of sp³-hybridized carbons (Fsp3) is 0.778. The van der Waals surface area contributed by atoms with Crippen LogP contribution in [0.1, 0.15) is 33.6 Å². The summed E-state index contributed by atoms with van der Waals surface area (Å²) in [5.41, 5.74) is 0. The van der Waals surface area contributed by atoms with Crippen molar-refractivity contribution >= 4 is 5.97 Å². The maximum absolute atomic E-state index is 10.3. The Hall–Kier alpha value is -1.04. The van der Waals surface area contributed by atoms with Crippen LogP contribution in [0.4, 0.5) is 0 Å². The predicted octanol–water partition coefficient (Wildman–Crippen LogP) is 2.08. The smallest absolute Gasteiger partial charge is 0.302 e. The molecule has 0 amide bonds. The molecule has 0 saturated heterocycles. The monoisotopic (exact) mass is 170 g/mol. The first-order valence-electron chi connectivity index (χ1n) is 3.98. The van der Waals surface area contributed by atoms with Crippen molar-refractivity contribution < 1.29 is 9.53 Å². The summed E-state index contributed by atoms with van der Waals surface area (Å²) < 4.78 is 4.75. The van der Waals surface area contributed by atoms with Gasteiger partial charge in [0.05, 0.1) is 6.61 Å². The van der Waals surface area contributed by atoms with Crippen LogP contribution in [0.15, 0.2) is 0 Å². The highest BCUT2D eigenvalue weighted by Gasteiger charge is 1.95. The van der Waals surface area contributed by atoms with Gasteiger partial charge in [-0.05, 0) is 18.8 Å². The Morgan fingerprint density at radius 2 is 2.00 bits per heavy atom. The van der Waals surface area contributed by atoms with Gasteiger partial charge in [0.1, 0.15) is 0 Å². The summed E-state index contributed by atoms with van der Waals surface area (Å²) in [6.45, 7) is 11.1. The first-order chi connectivity index (χ1) is 5.63. The van der Waals surface area contributed by atoms with Crippen molar-refractivity contribution in [2.24, 2.45) is 5.92 Å². The van der Waals surface area contributed by atoms with Gasteiger partial charge < -0.3 is 16.6 Å². The lowest BCUT2D eigenvalue weighted by atomic mass is 10.1. The molecule has 0 bridgehead atoms. The molecule has 0 aliphatic heterocycles. The molecule has 0 unspecified atom stereocenters. The summed E-state index contributed by atoms with van der Waals surface area (Å²) in [6, 6.07) is 0. The lowest BCUT2D eigenvalue weighted by Gasteiger charge is -2.03. The Balaban J connectivity index is 0. The minimum Gasteiger partial charge on any atom is -0.512 e. The van der Waals surface area contributed by atoms with E-state index in [2.05, 4.69) is 13.8 Å². The topological polar surface area (TPSA) is 50.1 Å². The maximum atomic E-state index is 10.3. The molecule has 0 fully saturated rings. The van der Waals surface area contributed by atoms with E-state index in [-0.39, 0.29) is 5.97 Å². The summed E-state index contributed by atoms with van der Waals surface area (Å²) in [5, 5.41) is 6.25. The predicted molar refractivity (Wildman–Crippen MR) is 45.7 cm³/mol. The van der Waals surface area contributed by atoms with Gasteiger partial charge in [0, 0.05) is 6.92 Å². The summed E-state index contributed by atoms with van der Waals surface area (Å²) in [7, 11) is 0. The third-order valence-electron chi connectivity index (χ3n) is 1.23. The minimum atomic E-state index is -0.177. The zero-order valence-electron chi connectivity index (χ0n) is 7.96. The molecule has 0 rings (SSSR count). The highest BCUT2D eigenvalue weighted by molar-refractivity contribution is 5.65. The van der Waals surface area contributed by atoms with Crippen molar-refractivity contribution in [2.75, 3.05) is 6.61 Å². The molecule has 0 atom stereocenters. The van der Waals surface area contributed by atoms with Gasteiger partial charge in [-0.2, -0.15) is 0 Å². The van der Waals surface area contributed by atoms with Crippen LogP contribution < -0.4 is 0 Å². The first-order valence-corrected chi connectivity index (χ1v) is 3.98. The molecule has 0 N–H and O–H groups in total. The summed E-state index contributed by atoms with van der Waals surface area (Å²) in [5.74, 6) is 0.527. The van der Waals surface area contributed by atoms with Gasteiger partial charge in [-0.25, -0.2) is 0 Å². The first kappa shape index (κ1) is 13.5. The average molecular weight is 170 g/mol. The molecule has 0 saturated carbocycles. The zero-order valence-corrected chi connectivity index (χ0v) is 7.96. The maximum Gasteiger partial charge on any atom is 0.302 e. The SMILES string of the molecule is CC(=O)OCCCC(C)C.[C-]#N. The zero-order chi connectivity index (χ0) is 9.98. The molecular weight excluding hydrogens is 154 g/mol. The molecule has 0 aromatic heterocycles. The number of hydrogen-bond donors (Lipinski definition) is 0. The molecular formula is C9H16NO2-. The van der Waals surface area contributed by atoms with E-state index in [4.69, 9.17) is 16.6 Å². The van der Waals surface area contributed by atoms with Crippen molar-refractivity contribution in [2.45, 2.75) is 33.6 Å². The number of esters is 1. The highest BCUT2D eigenvalue weighted by atomic mass is 16.5. The van der Waals surface area contributed by atoms with Crippen molar-refractivity contribution in [3.05, 3.63) is 6.57 Å². The van der Waals surface area contributed by atoms with E-state index in [9.17, 15) is 4.79 Å². The third-order valence-corrected chi connectivity index (χ3v) is 1.23. The Labute approximate surface area is 74.3 Å². The fourth-order valence-corrected chi connectivity index (χ4v) is 0.707. The Kier molecular flexibility index (Phi) is 11.2. The van der Waals surface area contributed by atoms with E-state index in [1.165, 1.54) is 6.92 Å². The van der Waals surface area contributed by atoms with E-state index < -0.39 is 0 Å². The third kappa shape index (κ3) is 16.0. The molecule has 0 aliphatic carbocycles. The van der Waals surface area contributed by atoms with Crippen LogP contribution >= 0.6 is 0 Å². The van der Waals surface area contributed by atoms with Gasteiger partial charge in [0.15, 0.2) is 0 Å². The second-order valence-electron chi connectivity index (χ2n) is 2.88. The molecule has 3 heteroatoms. The minimum absolute atomic E-state index is 0.177. The van der Waals surface area contributed by atoms with Gasteiger partial charge in [0.2, 0.25) is 0 Å². The van der Waals surface area contributed by atoms with Crippen LogP contribution in [0, 0.1) is 17.8 Å². The molecule has 0 aromatic rings. The van der Waals surface area contributed by atoms with Gasteiger partial charge >= 0.3 is 5.97 Å². The molecule has 0 aromatic carbocycles. The average Bonchev–Trinajstić information content (AvgIpc) is 2.02. The van der Waals surface area contributed by atoms with Gasteiger partial charge in [-0.1, -0.05) is 13.8 Å². The standard InChI is InChI=1S/C8H16O2.CN/c1-7(2)5-4-6-10-8(3)9;1-2/h7H,4-6H2,1-3H3;/q;-1. The highest BCUT2D eigenvalue weighted by Crippen LogP contribution is 2.02. The van der Waals surface area contributed by atoms with Crippen LogP contribution in [0.2, 0.25) is 0 Å². The number of ether oxygens (including phenoxy) is 1. The van der Waals surface area contributed by atoms with Crippen LogP contribution in [-0.4, -0.2) is 12.6 Å². The Morgan fingerprint density at radius 3 is 2.33 bits per heavy atom. The Bertz CT molecular complexity index is 130. The number of nitrogens with zero attached hydrogens (tertiary/aromatic N) is 1. The normalized spacial score (nSPS) is 8.50. The van der Waals surface area contributed by atoms with Crippen molar-refractivity contribution in [3.63, 3.8) is 0 Å². The largest absolute Gasteiger partial charge is 0.512 e. The number of hydrogen-bond acceptors (Lipinski definition) is 3. The van der Waals surface area contributed by atoms with Gasteiger partial charge in [0.25, 0.3) is 0 Å². The molecule has 0 heterocycles. The molecule has 0 aliphatic rings. The number of rotatable bonds is 4. The summed E-state index contributed by atoms with van der Waals surface area (Å²) >= 11 is 0. The van der Waals surface area contributed by atoms with Crippen molar-refractivity contribution in [1.29, 1.82) is 5.26 Å². The van der Waals surface area contributed by atoms with E-state index in [1.807, 2.05) is 0 Å². The lowest BCUT2D eigenvalue weighted by Crippen LogP contribution is -2.01.